The summed E-state index contributed by atoms with van der Waals surface area (Å²) >= 11 is 2.31. The van der Waals surface area contributed by atoms with Crippen molar-refractivity contribution >= 4 is 33.6 Å². The molecule has 0 N–H and O–H groups in total. The summed E-state index contributed by atoms with van der Waals surface area (Å²) in [7, 11) is 0. The maximum atomic E-state index is 5.92. The monoisotopic (exact) mass is 444 g/mol. The number of aromatic nitrogens is 2. The van der Waals surface area contributed by atoms with Crippen molar-refractivity contribution in [3.05, 3.63) is 69.1 Å². The summed E-state index contributed by atoms with van der Waals surface area (Å²) in [5, 5.41) is 9.52. The summed E-state index contributed by atoms with van der Waals surface area (Å²) in [5.74, 6) is 1.87. The number of hydrogen-bond acceptors (Lipinski definition) is 4. The highest BCUT2D eigenvalue weighted by molar-refractivity contribution is 14.1. The smallest absolute Gasteiger partial charge is 0.283 e. The summed E-state index contributed by atoms with van der Waals surface area (Å²) in [6.07, 6.45) is 0.859. The Balaban J connectivity index is 1.60. The van der Waals surface area contributed by atoms with E-state index >= 15 is 0 Å². The number of rotatable bonds is 4. The molecule has 25 heavy (non-hydrogen) atoms. The van der Waals surface area contributed by atoms with Crippen LogP contribution in [0.4, 0.5) is 0 Å². The zero-order valence-corrected chi connectivity index (χ0v) is 16.1. The molecule has 126 valence electrons. The molecule has 0 spiro atoms. The van der Waals surface area contributed by atoms with Crippen molar-refractivity contribution < 1.29 is 8.83 Å². The van der Waals surface area contributed by atoms with Gasteiger partial charge in [0.1, 0.15) is 5.58 Å². The topological polar surface area (TPSA) is 52.1 Å². The summed E-state index contributed by atoms with van der Waals surface area (Å²) in [6.45, 7) is 4.11. The quantitative estimate of drug-likeness (QED) is 0.377. The molecule has 5 heteroatoms. The predicted molar refractivity (Wildman–Crippen MR) is 106 cm³/mol. The van der Waals surface area contributed by atoms with Crippen molar-refractivity contribution in [2.24, 2.45) is 0 Å². The van der Waals surface area contributed by atoms with Crippen LogP contribution in [0, 0.1) is 10.5 Å². The number of benzene rings is 2. The molecule has 0 bridgehead atoms. The van der Waals surface area contributed by atoms with Crippen LogP contribution < -0.4 is 0 Å². The van der Waals surface area contributed by atoms with Crippen LogP contribution in [0.1, 0.15) is 29.9 Å². The van der Waals surface area contributed by atoms with Crippen LogP contribution in [0.3, 0.4) is 0 Å². The normalized spacial score (nSPS) is 12.6. The molecule has 0 fully saturated rings. The van der Waals surface area contributed by atoms with Gasteiger partial charge in [0.25, 0.3) is 5.89 Å². The van der Waals surface area contributed by atoms with Gasteiger partial charge in [-0.1, -0.05) is 37.3 Å². The maximum Gasteiger partial charge on any atom is 0.283 e. The van der Waals surface area contributed by atoms with E-state index in [9.17, 15) is 0 Å². The van der Waals surface area contributed by atoms with Gasteiger partial charge in [-0.05, 0) is 59.7 Å². The van der Waals surface area contributed by atoms with Gasteiger partial charge in [0, 0.05) is 20.4 Å². The first-order valence-corrected chi connectivity index (χ1v) is 9.26. The highest BCUT2D eigenvalue weighted by Crippen LogP contribution is 2.33. The summed E-state index contributed by atoms with van der Waals surface area (Å²) in [4.78, 5) is 0. The van der Waals surface area contributed by atoms with E-state index in [4.69, 9.17) is 8.83 Å². The Labute approximate surface area is 159 Å². The van der Waals surface area contributed by atoms with E-state index < -0.39 is 0 Å². The third kappa shape index (κ3) is 3.20. The summed E-state index contributed by atoms with van der Waals surface area (Å²) < 4.78 is 13.1. The predicted octanol–water partition coefficient (Wildman–Crippen LogP) is 5.74. The molecular weight excluding hydrogens is 427 g/mol. The largest absolute Gasteiger partial charge is 0.451 e. The van der Waals surface area contributed by atoms with E-state index in [2.05, 4.69) is 64.0 Å². The fourth-order valence-electron chi connectivity index (χ4n) is 2.97. The first-order valence-electron chi connectivity index (χ1n) is 8.18. The molecule has 0 aliphatic heterocycles. The average Bonchev–Trinajstić information content (AvgIpc) is 3.22. The summed E-state index contributed by atoms with van der Waals surface area (Å²) in [5.41, 5.74) is 3.12. The lowest BCUT2D eigenvalue weighted by Gasteiger charge is -2.06. The number of para-hydroxylation sites is 1. The Morgan fingerprint density at radius 2 is 1.76 bits per heavy atom. The van der Waals surface area contributed by atoms with Gasteiger partial charge in [-0.25, -0.2) is 0 Å². The molecule has 0 saturated carbocycles. The first kappa shape index (κ1) is 16.3. The third-order valence-corrected chi connectivity index (χ3v) is 5.07. The molecule has 1 atom stereocenters. The number of hydrogen-bond donors (Lipinski definition) is 0. The van der Waals surface area contributed by atoms with Crippen LogP contribution in [-0.4, -0.2) is 10.2 Å². The molecule has 4 aromatic rings. The molecule has 0 saturated heterocycles. The maximum absolute atomic E-state index is 5.92. The molecule has 4 nitrogen and oxygen atoms in total. The first-order chi connectivity index (χ1) is 12.1. The minimum atomic E-state index is 0.144. The molecule has 0 aliphatic rings. The van der Waals surface area contributed by atoms with Crippen LogP contribution >= 0.6 is 22.6 Å². The minimum Gasteiger partial charge on any atom is -0.451 e. The van der Waals surface area contributed by atoms with Crippen molar-refractivity contribution in [1.82, 2.24) is 10.2 Å². The zero-order valence-electron chi connectivity index (χ0n) is 14.0. The molecule has 2 aromatic carbocycles. The third-order valence-electron chi connectivity index (χ3n) is 4.36. The summed E-state index contributed by atoms with van der Waals surface area (Å²) in [6, 6.07) is 16.4. The lowest BCUT2D eigenvalue weighted by molar-refractivity contribution is 0.454. The number of fused-ring (bicyclic) bond motifs is 1. The lowest BCUT2D eigenvalue weighted by Crippen LogP contribution is -1.98. The van der Waals surface area contributed by atoms with E-state index in [1.807, 2.05) is 31.2 Å². The molecule has 4 rings (SSSR count). The fourth-order valence-corrected chi connectivity index (χ4v) is 3.32. The molecule has 2 heterocycles. The Hall–Kier alpha value is -2.15. The molecule has 0 radical (unpaired) electrons. The van der Waals surface area contributed by atoms with Gasteiger partial charge in [0.15, 0.2) is 5.76 Å². The van der Waals surface area contributed by atoms with Crippen LogP contribution in [0.5, 0.6) is 0 Å². The number of furan rings is 1. The number of halogens is 1. The molecule has 2 aromatic heterocycles. The van der Waals surface area contributed by atoms with Crippen molar-refractivity contribution in [2.75, 3.05) is 0 Å². The Bertz CT molecular complexity index is 1020. The molecular formula is C20H17IN2O2. The number of nitrogens with zero attached hydrogens (tertiary/aromatic N) is 2. The van der Waals surface area contributed by atoms with Crippen LogP contribution in [0.15, 0.2) is 57.4 Å². The Morgan fingerprint density at radius 3 is 2.52 bits per heavy atom. The standard InChI is InChI=1S/C20H17IN2O2/c1-12(11-14-7-9-15(21)10-8-14)19-22-23-20(25-19)18-13(2)16-5-3-4-6-17(16)24-18/h3-10,12H,11H2,1-2H3/t12-/m0/s1. The van der Waals surface area contributed by atoms with Gasteiger partial charge in [-0.15, -0.1) is 10.2 Å². The van der Waals surface area contributed by atoms with Gasteiger partial charge >= 0.3 is 0 Å². The van der Waals surface area contributed by atoms with Crippen LogP contribution in [0.2, 0.25) is 0 Å². The van der Waals surface area contributed by atoms with Crippen molar-refractivity contribution in [2.45, 2.75) is 26.2 Å². The molecule has 0 amide bonds. The van der Waals surface area contributed by atoms with Gasteiger partial charge in [-0.2, -0.15) is 0 Å². The van der Waals surface area contributed by atoms with Gasteiger partial charge in [-0.3, -0.25) is 0 Å². The fraction of sp³-hybridized carbons (Fsp3) is 0.200. The van der Waals surface area contributed by atoms with Crippen LogP contribution in [-0.2, 0) is 6.42 Å². The van der Waals surface area contributed by atoms with E-state index in [1.54, 1.807) is 0 Å². The average molecular weight is 444 g/mol. The molecule has 0 aliphatic carbocycles. The van der Waals surface area contributed by atoms with E-state index in [0.29, 0.717) is 17.5 Å². The highest BCUT2D eigenvalue weighted by Gasteiger charge is 2.20. The highest BCUT2D eigenvalue weighted by atomic mass is 127. The SMILES string of the molecule is Cc1c(-c2nnc([C@@H](C)Cc3ccc(I)cc3)o2)oc2ccccc12. The lowest BCUT2D eigenvalue weighted by atomic mass is 10.0. The molecule has 0 unspecified atom stereocenters. The Morgan fingerprint density at radius 1 is 1.00 bits per heavy atom. The second-order valence-electron chi connectivity index (χ2n) is 6.23. The van der Waals surface area contributed by atoms with E-state index in [1.165, 1.54) is 9.13 Å². The minimum absolute atomic E-state index is 0.144. The van der Waals surface area contributed by atoms with E-state index in [-0.39, 0.29) is 5.92 Å². The van der Waals surface area contributed by atoms with E-state index in [0.717, 1.165) is 23.0 Å². The van der Waals surface area contributed by atoms with Crippen molar-refractivity contribution in [3.63, 3.8) is 0 Å². The van der Waals surface area contributed by atoms with Gasteiger partial charge in [0.2, 0.25) is 5.89 Å². The second-order valence-corrected chi connectivity index (χ2v) is 7.48. The van der Waals surface area contributed by atoms with Crippen molar-refractivity contribution in [3.8, 4) is 11.7 Å². The number of aryl methyl sites for hydroxylation is 1. The van der Waals surface area contributed by atoms with Crippen molar-refractivity contribution in [1.29, 1.82) is 0 Å². The Kier molecular flexibility index (Phi) is 4.33. The van der Waals surface area contributed by atoms with Gasteiger partial charge in [0.05, 0.1) is 0 Å². The van der Waals surface area contributed by atoms with Crippen LogP contribution in [0.25, 0.3) is 22.6 Å². The zero-order chi connectivity index (χ0) is 17.4. The second kappa shape index (κ2) is 6.63. The van der Waals surface area contributed by atoms with Gasteiger partial charge < -0.3 is 8.83 Å².